The third-order valence-electron chi connectivity index (χ3n) is 4.96. The number of carbonyl (C=O) groups is 1. The van der Waals surface area contributed by atoms with Gasteiger partial charge in [-0.1, -0.05) is 24.4 Å². The van der Waals surface area contributed by atoms with Gasteiger partial charge in [-0.2, -0.15) is 0 Å². The second-order valence-corrected chi connectivity index (χ2v) is 7.55. The fourth-order valence-electron chi connectivity index (χ4n) is 3.39. The normalized spacial score (nSPS) is 13.9. The number of thiocarbonyl (C=S) groups is 1. The van der Waals surface area contributed by atoms with Gasteiger partial charge < -0.3 is 19.7 Å². The van der Waals surface area contributed by atoms with Gasteiger partial charge in [-0.15, -0.1) is 12.4 Å². The number of hydrogen-bond donors (Lipinski definition) is 1. The summed E-state index contributed by atoms with van der Waals surface area (Å²) in [5.74, 6) is 1.18. The number of benzene rings is 2. The van der Waals surface area contributed by atoms with E-state index in [9.17, 15) is 4.79 Å². The number of hydrogen-bond acceptors (Lipinski definition) is 5. The van der Waals surface area contributed by atoms with Crippen molar-refractivity contribution >= 4 is 41.2 Å². The van der Waals surface area contributed by atoms with Gasteiger partial charge in [0.2, 0.25) is 0 Å². The van der Waals surface area contributed by atoms with Gasteiger partial charge in [-0.3, -0.25) is 9.69 Å². The van der Waals surface area contributed by atoms with Crippen molar-refractivity contribution in [2.24, 2.45) is 0 Å². The first-order valence-corrected chi connectivity index (χ1v) is 10.0. The Kier molecular flexibility index (Phi) is 8.89. The van der Waals surface area contributed by atoms with Crippen LogP contribution in [0.5, 0.6) is 11.5 Å². The summed E-state index contributed by atoms with van der Waals surface area (Å²) in [4.78, 5) is 17.8. The fraction of sp³-hybridized carbons (Fsp3) is 0.364. The van der Waals surface area contributed by atoms with Crippen LogP contribution in [-0.2, 0) is 0 Å². The molecule has 3 rings (SSSR count). The Labute approximate surface area is 189 Å². The molecule has 1 aliphatic rings. The predicted octanol–water partition coefficient (Wildman–Crippen LogP) is 3.63. The van der Waals surface area contributed by atoms with Crippen LogP contribution in [0.3, 0.4) is 0 Å². The van der Waals surface area contributed by atoms with Crippen LogP contribution in [-0.4, -0.2) is 67.6 Å². The van der Waals surface area contributed by atoms with E-state index in [2.05, 4.69) is 29.3 Å². The molecule has 0 atom stereocenters. The highest BCUT2D eigenvalue weighted by Crippen LogP contribution is 2.28. The second-order valence-electron chi connectivity index (χ2n) is 7.06. The summed E-state index contributed by atoms with van der Waals surface area (Å²) in [6.45, 7) is 5.65. The molecule has 1 amide bonds. The van der Waals surface area contributed by atoms with E-state index in [1.807, 2.05) is 17.0 Å². The van der Waals surface area contributed by atoms with Crippen molar-refractivity contribution in [3.8, 4) is 11.5 Å². The standard InChI is InChI=1S/C22H27N3O3S.ClH/c1-16-5-4-6-18(13-16)23-21(29)15-24-9-11-25(12-10-24)22(26)17-7-8-19(27-2)20(14-17)28-3;/h4-8,13-14H,9-12,15H2,1-3H3,(H,23,29);1H. The lowest BCUT2D eigenvalue weighted by Crippen LogP contribution is -2.50. The summed E-state index contributed by atoms with van der Waals surface area (Å²) in [5.41, 5.74) is 2.81. The molecule has 0 spiro atoms. The molecule has 2 aromatic carbocycles. The minimum atomic E-state index is 0. The molecule has 0 aromatic heterocycles. The Morgan fingerprint density at radius 1 is 1.03 bits per heavy atom. The first-order chi connectivity index (χ1) is 14.0. The number of nitrogens with one attached hydrogen (secondary N) is 1. The van der Waals surface area contributed by atoms with Gasteiger partial charge in [0, 0.05) is 44.0 Å². The lowest BCUT2D eigenvalue weighted by molar-refractivity contribution is 0.0654. The van der Waals surface area contributed by atoms with E-state index in [-0.39, 0.29) is 18.3 Å². The monoisotopic (exact) mass is 449 g/mol. The average Bonchev–Trinajstić information content (AvgIpc) is 2.73. The molecule has 0 unspecified atom stereocenters. The van der Waals surface area contributed by atoms with Crippen molar-refractivity contribution in [1.29, 1.82) is 0 Å². The van der Waals surface area contributed by atoms with Crippen LogP contribution in [0.15, 0.2) is 42.5 Å². The van der Waals surface area contributed by atoms with Crippen molar-refractivity contribution in [3.63, 3.8) is 0 Å². The van der Waals surface area contributed by atoms with Gasteiger partial charge in [0.1, 0.15) is 0 Å². The van der Waals surface area contributed by atoms with Crippen LogP contribution in [0.25, 0.3) is 0 Å². The Bertz CT molecular complexity index is 886. The highest BCUT2D eigenvalue weighted by atomic mass is 35.5. The van der Waals surface area contributed by atoms with E-state index >= 15 is 0 Å². The van der Waals surface area contributed by atoms with Crippen LogP contribution in [0.1, 0.15) is 15.9 Å². The molecule has 0 bridgehead atoms. The number of rotatable bonds is 6. The Balaban J connectivity index is 0.00000320. The lowest BCUT2D eigenvalue weighted by atomic mass is 10.1. The molecule has 6 nitrogen and oxygen atoms in total. The minimum absolute atomic E-state index is 0. The first-order valence-electron chi connectivity index (χ1n) is 9.60. The second kappa shape index (κ2) is 11.2. The summed E-state index contributed by atoms with van der Waals surface area (Å²) in [7, 11) is 3.15. The fourth-order valence-corrected chi connectivity index (χ4v) is 3.69. The number of piperazine rings is 1. The van der Waals surface area contributed by atoms with E-state index < -0.39 is 0 Å². The molecule has 0 radical (unpaired) electrons. The number of methoxy groups -OCH3 is 2. The largest absolute Gasteiger partial charge is 0.493 e. The SMILES string of the molecule is COc1ccc(C(=O)N2CCN(CC(=S)Nc3cccc(C)c3)CC2)cc1OC.Cl. The van der Waals surface area contributed by atoms with Crippen molar-refractivity contribution in [2.75, 3.05) is 52.3 Å². The smallest absolute Gasteiger partial charge is 0.254 e. The summed E-state index contributed by atoms with van der Waals surface area (Å²) in [6, 6.07) is 13.4. The summed E-state index contributed by atoms with van der Waals surface area (Å²) < 4.78 is 10.5. The highest BCUT2D eigenvalue weighted by molar-refractivity contribution is 7.80. The lowest BCUT2D eigenvalue weighted by Gasteiger charge is -2.35. The van der Waals surface area contributed by atoms with Gasteiger partial charge in [-0.25, -0.2) is 0 Å². The summed E-state index contributed by atoms with van der Waals surface area (Å²) in [6.07, 6.45) is 0. The van der Waals surface area contributed by atoms with E-state index in [0.717, 1.165) is 23.8 Å². The number of nitrogens with zero attached hydrogens (tertiary/aromatic N) is 2. The molecule has 1 aliphatic heterocycles. The molecule has 2 aromatic rings. The molecule has 1 heterocycles. The maximum Gasteiger partial charge on any atom is 0.254 e. The molecule has 162 valence electrons. The van der Waals surface area contributed by atoms with Gasteiger partial charge >= 0.3 is 0 Å². The Morgan fingerprint density at radius 3 is 2.37 bits per heavy atom. The number of halogens is 1. The quantitative estimate of drug-likeness (QED) is 0.679. The molecule has 0 aliphatic carbocycles. The molecule has 0 saturated carbocycles. The topological polar surface area (TPSA) is 54.0 Å². The molecule has 1 fully saturated rings. The van der Waals surface area contributed by atoms with Crippen LogP contribution < -0.4 is 14.8 Å². The zero-order valence-electron chi connectivity index (χ0n) is 17.5. The molecule has 8 heteroatoms. The molecule has 1 N–H and O–H groups in total. The third kappa shape index (κ3) is 6.08. The number of anilines is 1. The van der Waals surface area contributed by atoms with Crippen molar-refractivity contribution < 1.29 is 14.3 Å². The zero-order chi connectivity index (χ0) is 20.8. The number of amides is 1. The number of ether oxygens (including phenoxy) is 2. The van der Waals surface area contributed by atoms with E-state index in [1.165, 1.54) is 5.56 Å². The van der Waals surface area contributed by atoms with Crippen molar-refractivity contribution in [1.82, 2.24) is 9.80 Å². The van der Waals surface area contributed by atoms with Crippen LogP contribution in [0.4, 0.5) is 5.69 Å². The Hall–Kier alpha value is -2.35. The molecular weight excluding hydrogens is 422 g/mol. The average molecular weight is 450 g/mol. The molecule has 30 heavy (non-hydrogen) atoms. The summed E-state index contributed by atoms with van der Waals surface area (Å²) >= 11 is 5.51. The maximum absolute atomic E-state index is 12.8. The van der Waals surface area contributed by atoms with Gasteiger partial charge in [-0.05, 0) is 42.8 Å². The van der Waals surface area contributed by atoms with Gasteiger partial charge in [0.15, 0.2) is 11.5 Å². The van der Waals surface area contributed by atoms with Gasteiger partial charge in [0.25, 0.3) is 5.91 Å². The Morgan fingerprint density at radius 2 is 1.73 bits per heavy atom. The molecule has 1 saturated heterocycles. The number of aryl methyl sites for hydroxylation is 1. The number of carbonyl (C=O) groups excluding carboxylic acids is 1. The van der Waals surface area contributed by atoms with E-state index in [4.69, 9.17) is 21.7 Å². The molecular formula is C22H28ClN3O3S. The third-order valence-corrected chi connectivity index (χ3v) is 5.19. The van der Waals surface area contributed by atoms with Crippen LogP contribution in [0, 0.1) is 6.92 Å². The van der Waals surface area contributed by atoms with Crippen LogP contribution >= 0.6 is 24.6 Å². The summed E-state index contributed by atoms with van der Waals surface area (Å²) in [5, 5.41) is 3.30. The highest BCUT2D eigenvalue weighted by Gasteiger charge is 2.23. The van der Waals surface area contributed by atoms with Crippen LogP contribution in [0.2, 0.25) is 0 Å². The van der Waals surface area contributed by atoms with Gasteiger partial charge in [0.05, 0.1) is 19.2 Å². The van der Waals surface area contributed by atoms with Crippen molar-refractivity contribution in [3.05, 3.63) is 53.6 Å². The van der Waals surface area contributed by atoms with E-state index in [0.29, 0.717) is 36.7 Å². The van der Waals surface area contributed by atoms with Crippen molar-refractivity contribution in [2.45, 2.75) is 6.92 Å². The maximum atomic E-state index is 12.8. The first kappa shape index (κ1) is 23.9. The zero-order valence-corrected chi connectivity index (χ0v) is 19.1. The van der Waals surface area contributed by atoms with E-state index in [1.54, 1.807) is 32.4 Å². The predicted molar refractivity (Wildman–Crippen MR) is 127 cm³/mol. The minimum Gasteiger partial charge on any atom is -0.493 e.